The van der Waals surface area contributed by atoms with E-state index in [1.165, 1.54) is 0 Å². The van der Waals surface area contributed by atoms with Crippen molar-refractivity contribution in [2.45, 2.75) is 18.1 Å². The Morgan fingerprint density at radius 3 is 2.72 bits per heavy atom. The fourth-order valence-corrected chi connectivity index (χ4v) is 3.07. The van der Waals surface area contributed by atoms with Crippen LogP contribution in [0, 0.1) is 0 Å². The SMILES string of the molecule is Cl.Cn1nnnc1SCCCNCc1ccc(-c2ccc(Cl)cc2)o1. The minimum absolute atomic E-state index is 0. The molecule has 2 aromatic heterocycles. The highest BCUT2D eigenvalue weighted by atomic mass is 35.5. The first-order chi connectivity index (χ1) is 11.7. The van der Waals surface area contributed by atoms with Crippen LogP contribution in [0.4, 0.5) is 0 Å². The predicted octanol–water partition coefficient (Wildman–Crippen LogP) is 3.82. The van der Waals surface area contributed by atoms with Crippen molar-refractivity contribution in [3.05, 3.63) is 47.2 Å². The molecule has 9 heteroatoms. The molecule has 0 aliphatic carbocycles. The van der Waals surface area contributed by atoms with E-state index < -0.39 is 0 Å². The van der Waals surface area contributed by atoms with Gasteiger partial charge in [-0.1, -0.05) is 23.4 Å². The predicted molar refractivity (Wildman–Crippen MR) is 102 cm³/mol. The van der Waals surface area contributed by atoms with Crippen molar-refractivity contribution in [1.29, 1.82) is 0 Å². The summed E-state index contributed by atoms with van der Waals surface area (Å²) in [6.07, 6.45) is 1.03. The van der Waals surface area contributed by atoms with Gasteiger partial charge in [0.2, 0.25) is 5.16 Å². The molecule has 0 atom stereocenters. The van der Waals surface area contributed by atoms with Crippen LogP contribution in [0.2, 0.25) is 5.02 Å². The van der Waals surface area contributed by atoms with Gasteiger partial charge < -0.3 is 9.73 Å². The summed E-state index contributed by atoms with van der Waals surface area (Å²) in [6.45, 7) is 1.62. The quantitative estimate of drug-likeness (QED) is 0.458. The molecule has 0 saturated heterocycles. The Balaban J connectivity index is 0.00000225. The van der Waals surface area contributed by atoms with Gasteiger partial charge in [-0.05, 0) is 59.8 Å². The van der Waals surface area contributed by atoms with Crippen molar-refractivity contribution >= 4 is 35.8 Å². The van der Waals surface area contributed by atoms with Crippen molar-refractivity contribution in [1.82, 2.24) is 25.5 Å². The van der Waals surface area contributed by atoms with Gasteiger partial charge in [-0.3, -0.25) is 0 Å². The van der Waals surface area contributed by atoms with Crippen molar-refractivity contribution in [2.75, 3.05) is 12.3 Å². The van der Waals surface area contributed by atoms with Gasteiger partial charge in [0.05, 0.1) is 6.54 Å². The van der Waals surface area contributed by atoms with Gasteiger partial charge in [0.25, 0.3) is 0 Å². The molecule has 25 heavy (non-hydrogen) atoms. The van der Waals surface area contributed by atoms with Gasteiger partial charge in [-0.25, -0.2) is 4.68 Å². The molecule has 0 amide bonds. The number of thioether (sulfide) groups is 1. The average molecular weight is 400 g/mol. The number of tetrazole rings is 1. The van der Waals surface area contributed by atoms with E-state index in [-0.39, 0.29) is 12.4 Å². The number of hydrogen-bond acceptors (Lipinski definition) is 6. The highest BCUT2D eigenvalue weighted by Gasteiger charge is 2.05. The summed E-state index contributed by atoms with van der Waals surface area (Å²) in [6, 6.07) is 11.6. The number of aromatic nitrogens is 4. The third-order valence-electron chi connectivity index (χ3n) is 3.40. The molecule has 1 N–H and O–H groups in total. The van der Waals surface area contributed by atoms with Crippen LogP contribution in [-0.4, -0.2) is 32.5 Å². The Hall–Kier alpha value is -1.54. The Labute approximate surface area is 161 Å². The van der Waals surface area contributed by atoms with Crippen LogP contribution in [0.3, 0.4) is 0 Å². The molecule has 0 saturated carbocycles. The molecule has 3 rings (SSSR count). The first kappa shape index (κ1) is 19.8. The van der Waals surface area contributed by atoms with Gasteiger partial charge in [0.15, 0.2) is 0 Å². The van der Waals surface area contributed by atoms with E-state index >= 15 is 0 Å². The summed E-state index contributed by atoms with van der Waals surface area (Å²) < 4.78 is 7.53. The molecule has 0 bridgehead atoms. The van der Waals surface area contributed by atoms with Gasteiger partial charge >= 0.3 is 0 Å². The minimum Gasteiger partial charge on any atom is -0.460 e. The largest absolute Gasteiger partial charge is 0.460 e. The summed E-state index contributed by atoms with van der Waals surface area (Å²) >= 11 is 7.56. The molecule has 0 spiro atoms. The van der Waals surface area contributed by atoms with Crippen molar-refractivity contribution in [3.8, 4) is 11.3 Å². The van der Waals surface area contributed by atoms with Gasteiger partial charge in [0, 0.05) is 23.4 Å². The maximum absolute atomic E-state index is 5.90. The number of nitrogens with one attached hydrogen (secondary N) is 1. The molecular formula is C16H19Cl2N5OS. The molecular weight excluding hydrogens is 381 g/mol. The van der Waals surface area contributed by atoms with E-state index in [0.717, 1.165) is 46.0 Å². The lowest BCUT2D eigenvalue weighted by Gasteiger charge is -2.03. The second kappa shape index (κ2) is 9.82. The Bertz CT molecular complexity index is 775. The number of nitrogens with zero attached hydrogens (tertiary/aromatic N) is 4. The zero-order chi connectivity index (χ0) is 16.8. The molecule has 0 unspecified atom stereocenters. The van der Waals surface area contributed by atoms with Crippen molar-refractivity contribution in [2.24, 2.45) is 7.05 Å². The van der Waals surface area contributed by atoms with E-state index in [1.54, 1.807) is 16.4 Å². The van der Waals surface area contributed by atoms with Gasteiger partial charge in [-0.15, -0.1) is 17.5 Å². The zero-order valence-electron chi connectivity index (χ0n) is 13.7. The second-order valence-electron chi connectivity index (χ2n) is 5.24. The fraction of sp³-hybridized carbons (Fsp3) is 0.312. The highest BCUT2D eigenvalue weighted by Crippen LogP contribution is 2.23. The topological polar surface area (TPSA) is 68.8 Å². The third kappa shape index (κ3) is 5.74. The molecule has 0 aliphatic heterocycles. The van der Waals surface area contributed by atoms with Crippen LogP contribution in [0.5, 0.6) is 0 Å². The summed E-state index contributed by atoms with van der Waals surface area (Å²) in [5.74, 6) is 2.74. The Morgan fingerprint density at radius 1 is 1.20 bits per heavy atom. The monoisotopic (exact) mass is 399 g/mol. The minimum atomic E-state index is 0. The van der Waals surface area contributed by atoms with Crippen LogP contribution in [0.15, 0.2) is 46.0 Å². The highest BCUT2D eigenvalue weighted by molar-refractivity contribution is 7.99. The third-order valence-corrected chi connectivity index (χ3v) is 4.75. The standard InChI is InChI=1S/C16H18ClN5OS.ClH/c1-22-16(19-20-21-22)24-10-2-9-18-11-14-7-8-15(23-14)12-3-5-13(17)6-4-12;/h3-8,18H,2,9-11H2,1H3;1H. The average Bonchev–Trinajstić information content (AvgIpc) is 3.21. The van der Waals surface area contributed by atoms with Crippen molar-refractivity contribution in [3.63, 3.8) is 0 Å². The van der Waals surface area contributed by atoms with Crippen LogP contribution >= 0.6 is 35.8 Å². The smallest absolute Gasteiger partial charge is 0.209 e. The molecule has 0 radical (unpaired) electrons. The Morgan fingerprint density at radius 2 is 2.00 bits per heavy atom. The summed E-state index contributed by atoms with van der Waals surface area (Å²) in [4.78, 5) is 0. The fourth-order valence-electron chi connectivity index (χ4n) is 2.16. The number of rotatable bonds is 8. The maximum Gasteiger partial charge on any atom is 0.209 e. The van der Waals surface area contributed by atoms with Crippen LogP contribution in [0.1, 0.15) is 12.2 Å². The molecule has 2 heterocycles. The van der Waals surface area contributed by atoms with E-state index in [9.17, 15) is 0 Å². The number of benzene rings is 1. The lowest BCUT2D eigenvalue weighted by molar-refractivity contribution is 0.494. The summed E-state index contributed by atoms with van der Waals surface area (Å²) in [5.41, 5.74) is 1.03. The summed E-state index contributed by atoms with van der Waals surface area (Å²) in [5, 5.41) is 16.3. The van der Waals surface area contributed by atoms with Gasteiger partial charge in [-0.2, -0.15) is 0 Å². The summed E-state index contributed by atoms with van der Waals surface area (Å²) in [7, 11) is 1.84. The van der Waals surface area contributed by atoms with Crippen molar-refractivity contribution < 1.29 is 4.42 Å². The number of hydrogen-bond donors (Lipinski definition) is 1. The van der Waals surface area contributed by atoms with E-state index in [4.69, 9.17) is 16.0 Å². The first-order valence-electron chi connectivity index (χ1n) is 7.63. The zero-order valence-corrected chi connectivity index (χ0v) is 16.1. The molecule has 1 aromatic carbocycles. The van der Waals surface area contributed by atoms with E-state index in [0.29, 0.717) is 6.54 Å². The van der Waals surface area contributed by atoms with Crippen LogP contribution in [0.25, 0.3) is 11.3 Å². The van der Waals surface area contributed by atoms with E-state index in [1.807, 2.05) is 43.4 Å². The first-order valence-corrected chi connectivity index (χ1v) is 8.99. The van der Waals surface area contributed by atoms with E-state index in [2.05, 4.69) is 20.8 Å². The van der Waals surface area contributed by atoms with Crippen LogP contribution < -0.4 is 5.32 Å². The normalized spacial score (nSPS) is 10.6. The Kier molecular flexibility index (Phi) is 7.77. The molecule has 6 nitrogen and oxygen atoms in total. The number of aryl methyl sites for hydroxylation is 1. The number of furan rings is 1. The molecule has 0 aliphatic rings. The van der Waals surface area contributed by atoms with Gasteiger partial charge in [0.1, 0.15) is 11.5 Å². The lowest BCUT2D eigenvalue weighted by atomic mass is 10.2. The lowest BCUT2D eigenvalue weighted by Crippen LogP contribution is -2.14. The second-order valence-corrected chi connectivity index (χ2v) is 6.74. The maximum atomic E-state index is 5.90. The van der Waals surface area contributed by atoms with Crippen LogP contribution in [-0.2, 0) is 13.6 Å². The molecule has 3 aromatic rings. The molecule has 0 fully saturated rings. The molecule has 134 valence electrons. The number of halogens is 2.